The maximum absolute atomic E-state index is 11.7. The molecule has 1 aliphatic carbocycles. The van der Waals surface area contributed by atoms with Crippen molar-refractivity contribution in [2.24, 2.45) is 5.92 Å². The summed E-state index contributed by atoms with van der Waals surface area (Å²) in [6, 6.07) is 2.98. The van der Waals surface area contributed by atoms with E-state index in [1.54, 1.807) is 4.57 Å². The zero-order chi connectivity index (χ0) is 10.9. The molecule has 4 rings (SSSR count). The van der Waals surface area contributed by atoms with Crippen LogP contribution in [-0.4, -0.2) is 21.6 Å². The topological polar surface area (TPSA) is 38.1 Å². The molecular weight excluding hydrogens is 226 g/mol. The second kappa shape index (κ2) is 2.80. The van der Waals surface area contributed by atoms with Gasteiger partial charge in [0.25, 0.3) is 0 Å². The summed E-state index contributed by atoms with van der Waals surface area (Å²) < 4.78 is 1.78. The molecule has 0 amide bonds. The fraction of sp³-hybridized carbons (Fsp3) is 0.636. The fourth-order valence-corrected chi connectivity index (χ4v) is 3.89. The van der Waals surface area contributed by atoms with Gasteiger partial charge < -0.3 is 4.90 Å². The Morgan fingerprint density at radius 1 is 1.44 bits per heavy atom. The van der Waals surface area contributed by atoms with Crippen molar-refractivity contribution in [3.63, 3.8) is 0 Å². The number of hydrogen-bond acceptors (Lipinski definition) is 3. The van der Waals surface area contributed by atoms with E-state index in [0.717, 1.165) is 18.3 Å². The van der Waals surface area contributed by atoms with Gasteiger partial charge in [0.2, 0.25) is 0 Å². The summed E-state index contributed by atoms with van der Waals surface area (Å²) >= 11 is 5.87. The van der Waals surface area contributed by atoms with Crippen molar-refractivity contribution < 1.29 is 0 Å². The lowest BCUT2D eigenvalue weighted by atomic mass is 10.00. The van der Waals surface area contributed by atoms with Crippen LogP contribution in [0.2, 0.25) is 5.15 Å². The second-order valence-electron chi connectivity index (χ2n) is 5.03. The minimum absolute atomic E-state index is 0.198. The SMILES string of the molecule is O=c1nc(Cl)cc2n1CC1C3CCC(C3)N21. The van der Waals surface area contributed by atoms with Crippen LogP contribution in [0.4, 0.5) is 5.82 Å². The van der Waals surface area contributed by atoms with Crippen molar-refractivity contribution in [3.05, 3.63) is 21.7 Å². The molecule has 0 spiro atoms. The molecule has 16 heavy (non-hydrogen) atoms. The Labute approximate surface area is 97.8 Å². The van der Waals surface area contributed by atoms with E-state index < -0.39 is 0 Å². The summed E-state index contributed by atoms with van der Waals surface area (Å²) in [6.07, 6.45) is 3.86. The summed E-state index contributed by atoms with van der Waals surface area (Å²) in [5, 5.41) is 0.319. The van der Waals surface area contributed by atoms with Gasteiger partial charge in [-0.3, -0.25) is 4.57 Å². The Bertz CT molecular complexity index is 526. The van der Waals surface area contributed by atoms with Gasteiger partial charge in [-0.25, -0.2) is 4.79 Å². The van der Waals surface area contributed by atoms with Crippen LogP contribution in [0.25, 0.3) is 0 Å². The molecular formula is C11H12ClN3O. The number of rotatable bonds is 0. The van der Waals surface area contributed by atoms with E-state index >= 15 is 0 Å². The van der Waals surface area contributed by atoms with Gasteiger partial charge in [-0.15, -0.1) is 0 Å². The molecule has 0 N–H and O–H groups in total. The Balaban J connectivity index is 1.91. The minimum Gasteiger partial charge on any atom is -0.350 e. The summed E-state index contributed by atoms with van der Waals surface area (Å²) in [7, 11) is 0. The summed E-state index contributed by atoms with van der Waals surface area (Å²) in [4.78, 5) is 17.9. The molecule has 5 heteroatoms. The van der Waals surface area contributed by atoms with Gasteiger partial charge in [0.05, 0.1) is 6.04 Å². The highest BCUT2D eigenvalue weighted by Crippen LogP contribution is 2.48. The fourth-order valence-electron chi connectivity index (χ4n) is 3.72. The van der Waals surface area contributed by atoms with E-state index in [9.17, 15) is 4.79 Å². The van der Waals surface area contributed by atoms with Crippen LogP contribution in [0, 0.1) is 5.92 Å². The zero-order valence-electron chi connectivity index (χ0n) is 8.77. The van der Waals surface area contributed by atoms with E-state index in [0.29, 0.717) is 17.2 Å². The van der Waals surface area contributed by atoms with E-state index in [-0.39, 0.29) is 5.69 Å². The number of hydrogen-bond donors (Lipinski definition) is 0. The number of piperidine rings is 1. The van der Waals surface area contributed by atoms with Crippen molar-refractivity contribution in [3.8, 4) is 0 Å². The molecule has 1 saturated carbocycles. The number of nitrogens with zero attached hydrogens (tertiary/aromatic N) is 3. The third-order valence-corrected chi connectivity index (χ3v) is 4.53. The highest BCUT2D eigenvalue weighted by atomic mass is 35.5. The quantitative estimate of drug-likeness (QED) is 0.638. The molecule has 4 nitrogen and oxygen atoms in total. The summed E-state index contributed by atoms with van der Waals surface area (Å²) in [5.41, 5.74) is -0.198. The van der Waals surface area contributed by atoms with Gasteiger partial charge in [-0.2, -0.15) is 4.98 Å². The number of halogens is 1. The van der Waals surface area contributed by atoms with Crippen molar-refractivity contribution in [2.45, 2.75) is 37.9 Å². The number of aromatic nitrogens is 2. The first-order valence-electron chi connectivity index (χ1n) is 5.80. The van der Waals surface area contributed by atoms with Gasteiger partial charge in [-0.1, -0.05) is 11.6 Å². The summed E-state index contributed by atoms with van der Waals surface area (Å²) in [6.45, 7) is 0.805. The molecule has 84 valence electrons. The maximum atomic E-state index is 11.7. The van der Waals surface area contributed by atoms with Gasteiger partial charge in [0, 0.05) is 18.7 Å². The zero-order valence-corrected chi connectivity index (χ0v) is 9.52. The van der Waals surface area contributed by atoms with Crippen molar-refractivity contribution in [2.75, 3.05) is 4.90 Å². The van der Waals surface area contributed by atoms with Gasteiger partial charge in [0.1, 0.15) is 11.0 Å². The largest absolute Gasteiger partial charge is 0.350 e. The molecule has 0 aromatic carbocycles. The highest BCUT2D eigenvalue weighted by Gasteiger charge is 2.50. The van der Waals surface area contributed by atoms with E-state index in [4.69, 9.17) is 11.6 Å². The highest BCUT2D eigenvalue weighted by molar-refractivity contribution is 6.29. The van der Waals surface area contributed by atoms with Crippen LogP contribution in [0.1, 0.15) is 19.3 Å². The maximum Gasteiger partial charge on any atom is 0.350 e. The molecule has 3 aliphatic rings. The van der Waals surface area contributed by atoms with E-state index in [1.807, 2.05) is 6.07 Å². The predicted octanol–water partition coefficient (Wildman–Crippen LogP) is 1.27. The van der Waals surface area contributed by atoms with E-state index in [2.05, 4.69) is 9.88 Å². The van der Waals surface area contributed by atoms with Crippen molar-refractivity contribution in [1.82, 2.24) is 9.55 Å². The molecule has 1 aromatic rings. The molecule has 1 aromatic heterocycles. The summed E-state index contributed by atoms with van der Waals surface area (Å²) in [5.74, 6) is 1.75. The van der Waals surface area contributed by atoms with Crippen LogP contribution >= 0.6 is 11.6 Å². The lowest BCUT2D eigenvalue weighted by molar-refractivity contribution is 0.421. The van der Waals surface area contributed by atoms with Gasteiger partial charge in [-0.05, 0) is 25.2 Å². The molecule has 2 aliphatic heterocycles. The number of anilines is 1. The van der Waals surface area contributed by atoms with Crippen LogP contribution < -0.4 is 10.6 Å². The molecule has 3 unspecified atom stereocenters. The van der Waals surface area contributed by atoms with Gasteiger partial charge in [0.15, 0.2) is 0 Å². The van der Waals surface area contributed by atoms with Gasteiger partial charge >= 0.3 is 5.69 Å². The van der Waals surface area contributed by atoms with Crippen LogP contribution in [-0.2, 0) is 6.54 Å². The number of fused-ring (bicyclic) bond motifs is 7. The molecule has 0 radical (unpaired) electrons. The third kappa shape index (κ3) is 0.961. The standard InChI is InChI=1S/C11H12ClN3O/c12-9-4-10-14(11(16)13-9)5-8-6-1-2-7(3-6)15(8)10/h4,6-8H,1-3,5H2. The first-order chi connectivity index (χ1) is 7.74. The molecule has 1 saturated heterocycles. The lowest BCUT2D eigenvalue weighted by Crippen LogP contribution is -2.37. The van der Waals surface area contributed by atoms with Crippen molar-refractivity contribution in [1.29, 1.82) is 0 Å². The molecule has 2 fully saturated rings. The Morgan fingerprint density at radius 3 is 3.19 bits per heavy atom. The monoisotopic (exact) mass is 237 g/mol. The Kier molecular flexibility index (Phi) is 1.58. The first-order valence-corrected chi connectivity index (χ1v) is 6.17. The average molecular weight is 238 g/mol. The van der Waals surface area contributed by atoms with Crippen molar-refractivity contribution >= 4 is 17.4 Å². The molecule has 3 atom stereocenters. The Hall–Kier alpha value is -1.03. The van der Waals surface area contributed by atoms with Crippen LogP contribution in [0.15, 0.2) is 10.9 Å². The van der Waals surface area contributed by atoms with E-state index in [1.165, 1.54) is 19.3 Å². The molecule has 3 heterocycles. The second-order valence-corrected chi connectivity index (χ2v) is 5.42. The normalized spacial score (nSPS) is 34.3. The lowest BCUT2D eigenvalue weighted by Gasteiger charge is -2.30. The Morgan fingerprint density at radius 2 is 2.31 bits per heavy atom. The third-order valence-electron chi connectivity index (χ3n) is 4.33. The molecule has 2 bridgehead atoms. The smallest absolute Gasteiger partial charge is 0.350 e. The minimum atomic E-state index is -0.198. The predicted molar refractivity (Wildman–Crippen MR) is 60.9 cm³/mol. The average Bonchev–Trinajstić information content (AvgIpc) is 2.86. The van der Waals surface area contributed by atoms with Crippen LogP contribution in [0.5, 0.6) is 0 Å². The first kappa shape index (κ1) is 9.05. The van der Waals surface area contributed by atoms with Crippen LogP contribution in [0.3, 0.4) is 0 Å².